The number of para-hydroxylation sites is 2. The summed E-state index contributed by atoms with van der Waals surface area (Å²) < 4.78 is 7.00. The van der Waals surface area contributed by atoms with Crippen LogP contribution in [0.15, 0.2) is 195 Å². The lowest BCUT2D eigenvalue weighted by molar-refractivity contribution is 0.953. The van der Waals surface area contributed by atoms with E-state index in [1.54, 1.807) is 11.3 Å². The summed E-state index contributed by atoms with van der Waals surface area (Å²) in [5, 5.41) is 6.89. The molecule has 0 fully saturated rings. The van der Waals surface area contributed by atoms with Gasteiger partial charge in [-0.3, -0.25) is 9.55 Å². The summed E-state index contributed by atoms with van der Waals surface area (Å²) >= 11 is 1.80. The van der Waals surface area contributed by atoms with Crippen LogP contribution in [-0.4, -0.2) is 39.0 Å². The minimum atomic E-state index is 0.556. The number of hydrogen-bond acceptors (Lipinski definition) is 7. The van der Waals surface area contributed by atoms with Gasteiger partial charge in [0.25, 0.3) is 0 Å². The summed E-state index contributed by atoms with van der Waals surface area (Å²) in [6.07, 6.45) is 5.69. The Hall–Kier alpha value is -8.40. The lowest BCUT2D eigenvalue weighted by atomic mass is 10.1. The molecule has 9 heteroatoms. The lowest BCUT2D eigenvalue weighted by Gasteiger charge is -2.11. The molecule has 0 atom stereocenters. The van der Waals surface area contributed by atoms with Gasteiger partial charge in [0, 0.05) is 88.2 Å². The third kappa shape index (κ3) is 5.75. The number of aromatic nitrogens is 8. The molecule has 0 amide bonds. The molecule has 13 rings (SSSR count). The molecule has 294 valence electrons. The van der Waals surface area contributed by atoms with Crippen molar-refractivity contribution < 1.29 is 0 Å². The van der Waals surface area contributed by atoms with Gasteiger partial charge in [0.05, 0.1) is 27.8 Å². The Bertz CT molecular complexity index is 3870. The van der Waals surface area contributed by atoms with E-state index in [1.807, 2.05) is 85.3 Å². The predicted octanol–water partition coefficient (Wildman–Crippen LogP) is 13.3. The molecule has 0 aliphatic rings. The molecule has 0 aliphatic heterocycles. The van der Waals surface area contributed by atoms with E-state index in [2.05, 4.69) is 123 Å². The molecule has 8 nitrogen and oxygen atoms in total. The zero-order valence-electron chi connectivity index (χ0n) is 33.5. The third-order valence-corrected chi connectivity index (χ3v) is 13.1. The maximum absolute atomic E-state index is 5.20. The van der Waals surface area contributed by atoms with Gasteiger partial charge in [-0.1, -0.05) is 103 Å². The SMILES string of the molecule is c1ccc(-c2nc(-c3ccccc3)nc(-n3c4ccccc4c4cc(-c5ccnc(-c6ccc7c(c6)c6ccccc6n7-c6ccc7sc8ccncc8c7c6)n5)ccc43)n2)cc1. The molecule has 0 N–H and O–H groups in total. The molecule has 6 heterocycles. The van der Waals surface area contributed by atoms with Crippen molar-refractivity contribution in [2.24, 2.45) is 0 Å². The highest BCUT2D eigenvalue weighted by Gasteiger charge is 2.20. The molecule has 0 aliphatic carbocycles. The fourth-order valence-corrected chi connectivity index (χ4v) is 10.1. The minimum Gasteiger partial charge on any atom is -0.309 e. The fourth-order valence-electron chi connectivity index (χ4n) is 9.04. The normalized spacial score (nSPS) is 11.8. The second-order valence-corrected chi connectivity index (χ2v) is 16.7. The zero-order chi connectivity index (χ0) is 41.4. The van der Waals surface area contributed by atoms with Crippen LogP contribution >= 0.6 is 11.3 Å². The second kappa shape index (κ2) is 14.1. The standard InChI is InChI=1S/C54H32N8S/c1-3-11-33(12-4-1)52-58-53(34-13-5-2-6-14-34)60-54(59-52)62-46-18-10-8-16-39(46)40-29-35(19-22-48(40)62)44-25-28-56-51(57-44)36-20-23-47-41(30-36)38-15-7-9-17-45(38)61(47)37-21-24-49-42(31-37)43-32-55-27-26-50(43)63-49/h1-32H. The van der Waals surface area contributed by atoms with Gasteiger partial charge < -0.3 is 4.57 Å². The molecule has 0 spiro atoms. The molecular formula is C54H32N8S. The van der Waals surface area contributed by atoms with Crippen LogP contribution in [0.3, 0.4) is 0 Å². The van der Waals surface area contributed by atoms with Gasteiger partial charge in [-0.2, -0.15) is 9.97 Å². The highest BCUT2D eigenvalue weighted by molar-refractivity contribution is 7.25. The minimum absolute atomic E-state index is 0.556. The number of nitrogens with zero attached hydrogens (tertiary/aromatic N) is 8. The second-order valence-electron chi connectivity index (χ2n) is 15.6. The first-order valence-corrected chi connectivity index (χ1v) is 21.6. The third-order valence-electron chi connectivity index (χ3n) is 12.0. The van der Waals surface area contributed by atoms with Gasteiger partial charge in [0.15, 0.2) is 17.5 Å². The van der Waals surface area contributed by atoms with Crippen molar-refractivity contribution in [3.05, 3.63) is 195 Å². The maximum Gasteiger partial charge on any atom is 0.238 e. The summed E-state index contributed by atoms with van der Waals surface area (Å²) in [6.45, 7) is 0. The van der Waals surface area contributed by atoms with Crippen LogP contribution in [-0.2, 0) is 0 Å². The number of hydrogen-bond donors (Lipinski definition) is 0. The van der Waals surface area contributed by atoms with E-state index in [0.29, 0.717) is 23.4 Å². The van der Waals surface area contributed by atoms with Gasteiger partial charge in [0.2, 0.25) is 5.95 Å². The molecule has 0 saturated heterocycles. The first kappa shape index (κ1) is 35.4. The Morgan fingerprint density at radius 2 is 0.968 bits per heavy atom. The van der Waals surface area contributed by atoms with E-state index in [4.69, 9.17) is 24.9 Å². The Morgan fingerprint density at radius 3 is 1.70 bits per heavy atom. The first-order valence-electron chi connectivity index (χ1n) is 20.8. The number of fused-ring (bicyclic) bond motifs is 9. The summed E-state index contributed by atoms with van der Waals surface area (Å²) in [6, 6.07) is 61.1. The summed E-state index contributed by atoms with van der Waals surface area (Å²) in [4.78, 5) is 29.6. The van der Waals surface area contributed by atoms with Gasteiger partial charge in [-0.25, -0.2) is 15.0 Å². The zero-order valence-corrected chi connectivity index (χ0v) is 34.3. The monoisotopic (exact) mass is 824 g/mol. The number of thiophene rings is 1. The van der Waals surface area contributed by atoms with Crippen molar-refractivity contribution in [3.8, 4) is 57.1 Å². The van der Waals surface area contributed by atoms with Crippen LogP contribution in [0.2, 0.25) is 0 Å². The lowest BCUT2D eigenvalue weighted by Crippen LogP contribution is -2.06. The Kier molecular flexibility index (Phi) is 7.91. The molecule has 0 radical (unpaired) electrons. The number of pyridine rings is 1. The van der Waals surface area contributed by atoms with E-state index in [9.17, 15) is 0 Å². The van der Waals surface area contributed by atoms with Crippen molar-refractivity contribution in [1.29, 1.82) is 0 Å². The van der Waals surface area contributed by atoms with E-state index in [0.717, 1.165) is 71.9 Å². The van der Waals surface area contributed by atoms with E-state index in [-0.39, 0.29) is 0 Å². The summed E-state index contributed by atoms with van der Waals surface area (Å²) in [5.74, 6) is 2.45. The number of benzene rings is 7. The Labute approximate surface area is 364 Å². The quantitative estimate of drug-likeness (QED) is 0.166. The van der Waals surface area contributed by atoms with Gasteiger partial charge in [-0.05, 0) is 72.8 Å². The van der Waals surface area contributed by atoms with Gasteiger partial charge in [-0.15, -0.1) is 11.3 Å². The van der Waals surface area contributed by atoms with Gasteiger partial charge in [0.1, 0.15) is 0 Å². The smallest absolute Gasteiger partial charge is 0.238 e. The van der Waals surface area contributed by atoms with Crippen LogP contribution in [0, 0.1) is 0 Å². The van der Waals surface area contributed by atoms with Crippen molar-refractivity contribution in [3.63, 3.8) is 0 Å². The van der Waals surface area contributed by atoms with Crippen molar-refractivity contribution in [2.45, 2.75) is 0 Å². The largest absolute Gasteiger partial charge is 0.309 e. The van der Waals surface area contributed by atoms with Crippen LogP contribution in [0.25, 0.3) is 121 Å². The van der Waals surface area contributed by atoms with Crippen molar-refractivity contribution in [2.75, 3.05) is 0 Å². The van der Waals surface area contributed by atoms with E-state index in [1.165, 1.54) is 25.6 Å². The van der Waals surface area contributed by atoms with Crippen LogP contribution in [0.5, 0.6) is 0 Å². The molecule has 6 aromatic heterocycles. The van der Waals surface area contributed by atoms with E-state index < -0.39 is 0 Å². The van der Waals surface area contributed by atoms with E-state index >= 15 is 0 Å². The molecule has 0 bridgehead atoms. The topological polar surface area (TPSA) is 87.2 Å². The van der Waals surface area contributed by atoms with Crippen molar-refractivity contribution in [1.82, 2.24) is 39.0 Å². The molecule has 7 aromatic carbocycles. The highest BCUT2D eigenvalue weighted by Crippen LogP contribution is 2.39. The van der Waals surface area contributed by atoms with Crippen LogP contribution in [0.1, 0.15) is 0 Å². The number of rotatable bonds is 6. The van der Waals surface area contributed by atoms with Crippen LogP contribution in [0.4, 0.5) is 0 Å². The molecule has 0 saturated carbocycles. The molecule has 13 aromatic rings. The average molecular weight is 825 g/mol. The molecule has 0 unspecified atom stereocenters. The van der Waals surface area contributed by atoms with Gasteiger partial charge >= 0.3 is 0 Å². The average Bonchev–Trinajstić information content (AvgIpc) is 4.01. The summed E-state index contributed by atoms with van der Waals surface area (Å²) in [5.41, 5.74) is 10.0. The molecule has 63 heavy (non-hydrogen) atoms. The highest BCUT2D eigenvalue weighted by atomic mass is 32.1. The van der Waals surface area contributed by atoms with Crippen molar-refractivity contribution >= 4 is 75.1 Å². The maximum atomic E-state index is 5.20. The summed E-state index contributed by atoms with van der Waals surface area (Å²) in [7, 11) is 0. The Balaban J connectivity index is 0.920. The molecular weight excluding hydrogens is 793 g/mol. The predicted molar refractivity (Wildman–Crippen MR) is 257 cm³/mol. The fraction of sp³-hybridized carbons (Fsp3) is 0. The first-order chi connectivity index (χ1) is 31.2. The Morgan fingerprint density at radius 1 is 0.365 bits per heavy atom. The van der Waals surface area contributed by atoms with Crippen LogP contribution < -0.4 is 0 Å².